The largest absolute Gasteiger partial charge is 0.385 e. The van der Waals surface area contributed by atoms with E-state index >= 15 is 0 Å². The van der Waals surface area contributed by atoms with Crippen LogP contribution < -0.4 is 0 Å². The quantitative estimate of drug-likeness (QED) is 0.766. The molecule has 0 aliphatic heterocycles. The first kappa shape index (κ1) is 13.6. The molecule has 100 valence electrons. The zero-order chi connectivity index (χ0) is 13.2. The van der Waals surface area contributed by atoms with E-state index in [1.807, 2.05) is 0 Å². The minimum Gasteiger partial charge on any atom is -0.385 e. The number of hydrogen-bond donors (Lipinski definition) is 1. The molecule has 1 aromatic carbocycles. The fourth-order valence-corrected chi connectivity index (χ4v) is 3.17. The first-order chi connectivity index (χ1) is 8.51. The number of aliphatic hydroxyl groups is 1. The molecule has 18 heavy (non-hydrogen) atoms. The van der Waals surface area contributed by atoms with E-state index in [1.165, 1.54) is 12.0 Å². The van der Waals surface area contributed by atoms with E-state index in [1.54, 1.807) is 0 Å². The minimum atomic E-state index is -0.586. The molecule has 0 radical (unpaired) electrons. The lowest BCUT2D eigenvalue weighted by molar-refractivity contribution is 0.0191. The van der Waals surface area contributed by atoms with Gasteiger partial charge in [-0.05, 0) is 50.0 Å². The van der Waals surface area contributed by atoms with Crippen molar-refractivity contribution >= 4 is 0 Å². The predicted molar refractivity (Wildman–Crippen MR) is 76.5 cm³/mol. The van der Waals surface area contributed by atoms with Crippen LogP contribution in [-0.2, 0) is 5.60 Å². The Bertz CT molecular complexity index is 379. The van der Waals surface area contributed by atoms with Crippen molar-refractivity contribution in [2.75, 3.05) is 0 Å². The van der Waals surface area contributed by atoms with Gasteiger partial charge >= 0.3 is 0 Å². The molecule has 0 bridgehead atoms. The summed E-state index contributed by atoms with van der Waals surface area (Å²) in [5.41, 5.74) is 1.78. The van der Waals surface area contributed by atoms with Crippen molar-refractivity contribution < 1.29 is 5.11 Å². The predicted octanol–water partition coefficient (Wildman–Crippen LogP) is 4.42. The zero-order valence-corrected chi connectivity index (χ0v) is 11.9. The third kappa shape index (κ3) is 2.95. The summed E-state index contributed by atoms with van der Waals surface area (Å²) >= 11 is 0. The Kier molecular flexibility index (Phi) is 4.11. The third-order valence-corrected chi connectivity index (χ3v) is 4.63. The molecule has 1 aliphatic rings. The summed E-state index contributed by atoms with van der Waals surface area (Å²) in [4.78, 5) is 0. The molecule has 0 saturated heterocycles. The third-order valence-electron chi connectivity index (χ3n) is 4.63. The van der Waals surface area contributed by atoms with Gasteiger partial charge in [0.05, 0.1) is 5.60 Å². The Morgan fingerprint density at radius 3 is 2.39 bits per heavy atom. The van der Waals surface area contributed by atoms with Crippen molar-refractivity contribution in [1.82, 2.24) is 0 Å². The Morgan fingerprint density at radius 2 is 1.78 bits per heavy atom. The second-order valence-electron chi connectivity index (χ2n) is 6.33. The average molecular weight is 246 g/mol. The standard InChI is InChI=1S/C17H26O/c1-13(2)15-5-4-11-17(18,12-10-15)16-8-6-14(3)7-9-16/h6-9,13,15,18H,4-5,10-12H2,1-3H3. The topological polar surface area (TPSA) is 20.2 Å². The van der Waals surface area contributed by atoms with Gasteiger partial charge in [0.15, 0.2) is 0 Å². The summed E-state index contributed by atoms with van der Waals surface area (Å²) in [6.07, 6.45) is 5.40. The molecular weight excluding hydrogens is 220 g/mol. The van der Waals surface area contributed by atoms with Crippen LogP contribution in [0.15, 0.2) is 24.3 Å². The molecule has 0 amide bonds. The molecule has 2 rings (SSSR count). The van der Waals surface area contributed by atoms with E-state index in [2.05, 4.69) is 45.0 Å². The summed E-state index contributed by atoms with van der Waals surface area (Å²) in [6.45, 7) is 6.71. The lowest BCUT2D eigenvalue weighted by atomic mass is 9.84. The monoisotopic (exact) mass is 246 g/mol. The van der Waals surface area contributed by atoms with Gasteiger partial charge in [0.2, 0.25) is 0 Å². The second-order valence-corrected chi connectivity index (χ2v) is 6.33. The van der Waals surface area contributed by atoms with Crippen LogP contribution in [0.25, 0.3) is 0 Å². The Morgan fingerprint density at radius 1 is 1.11 bits per heavy atom. The Labute approximate surface area is 111 Å². The molecule has 2 atom stereocenters. The first-order valence-electron chi connectivity index (χ1n) is 7.31. The van der Waals surface area contributed by atoms with Crippen LogP contribution in [0.1, 0.15) is 57.1 Å². The molecule has 0 aromatic heterocycles. The van der Waals surface area contributed by atoms with Gasteiger partial charge in [0, 0.05) is 0 Å². The van der Waals surface area contributed by atoms with Crippen LogP contribution >= 0.6 is 0 Å². The van der Waals surface area contributed by atoms with E-state index in [9.17, 15) is 5.11 Å². The van der Waals surface area contributed by atoms with Gasteiger partial charge in [-0.3, -0.25) is 0 Å². The van der Waals surface area contributed by atoms with Gasteiger partial charge in [0.1, 0.15) is 0 Å². The molecule has 1 nitrogen and oxygen atoms in total. The highest BCUT2D eigenvalue weighted by Crippen LogP contribution is 2.39. The normalized spacial score (nSPS) is 29.3. The van der Waals surface area contributed by atoms with E-state index < -0.39 is 5.60 Å². The minimum absolute atomic E-state index is 0.586. The highest BCUT2D eigenvalue weighted by molar-refractivity contribution is 5.26. The second kappa shape index (κ2) is 5.44. The number of aryl methyl sites for hydroxylation is 1. The highest BCUT2D eigenvalue weighted by atomic mass is 16.3. The van der Waals surface area contributed by atoms with Gasteiger partial charge in [-0.1, -0.05) is 50.1 Å². The van der Waals surface area contributed by atoms with Crippen molar-refractivity contribution in [3.8, 4) is 0 Å². The molecule has 1 saturated carbocycles. The molecule has 1 aromatic rings. The van der Waals surface area contributed by atoms with Crippen molar-refractivity contribution in [2.45, 2.75) is 58.5 Å². The molecule has 2 unspecified atom stereocenters. The summed E-state index contributed by atoms with van der Waals surface area (Å²) < 4.78 is 0. The zero-order valence-electron chi connectivity index (χ0n) is 11.9. The highest BCUT2D eigenvalue weighted by Gasteiger charge is 2.33. The van der Waals surface area contributed by atoms with Gasteiger partial charge in [-0.15, -0.1) is 0 Å². The first-order valence-corrected chi connectivity index (χ1v) is 7.31. The molecule has 0 spiro atoms. The van der Waals surface area contributed by atoms with Crippen LogP contribution in [0.3, 0.4) is 0 Å². The van der Waals surface area contributed by atoms with E-state index in [0.29, 0.717) is 0 Å². The lowest BCUT2D eigenvalue weighted by Crippen LogP contribution is -2.24. The SMILES string of the molecule is Cc1ccc(C2(O)CCCC(C(C)C)CC2)cc1. The Hall–Kier alpha value is -0.820. The van der Waals surface area contributed by atoms with Gasteiger partial charge in [0.25, 0.3) is 0 Å². The molecule has 1 fully saturated rings. The van der Waals surface area contributed by atoms with Gasteiger partial charge < -0.3 is 5.11 Å². The number of hydrogen-bond acceptors (Lipinski definition) is 1. The molecular formula is C17H26O. The smallest absolute Gasteiger partial charge is 0.0896 e. The molecule has 1 aliphatic carbocycles. The molecule has 1 N–H and O–H groups in total. The van der Waals surface area contributed by atoms with Crippen LogP contribution in [-0.4, -0.2) is 5.11 Å². The van der Waals surface area contributed by atoms with Gasteiger partial charge in [-0.25, -0.2) is 0 Å². The summed E-state index contributed by atoms with van der Waals surface area (Å²) in [7, 11) is 0. The van der Waals surface area contributed by atoms with Crippen molar-refractivity contribution in [3.05, 3.63) is 35.4 Å². The fraction of sp³-hybridized carbons (Fsp3) is 0.647. The van der Waals surface area contributed by atoms with Crippen LogP contribution in [0.2, 0.25) is 0 Å². The van der Waals surface area contributed by atoms with Crippen molar-refractivity contribution in [1.29, 1.82) is 0 Å². The summed E-state index contributed by atoms with van der Waals surface area (Å²) in [5.74, 6) is 1.52. The maximum absolute atomic E-state index is 10.9. The van der Waals surface area contributed by atoms with Crippen LogP contribution in [0, 0.1) is 18.8 Å². The van der Waals surface area contributed by atoms with Crippen LogP contribution in [0.5, 0.6) is 0 Å². The fourth-order valence-electron chi connectivity index (χ4n) is 3.17. The lowest BCUT2D eigenvalue weighted by Gasteiger charge is -2.28. The average Bonchev–Trinajstić information content (AvgIpc) is 2.53. The van der Waals surface area contributed by atoms with Crippen molar-refractivity contribution in [2.24, 2.45) is 11.8 Å². The van der Waals surface area contributed by atoms with E-state index in [-0.39, 0.29) is 0 Å². The number of rotatable bonds is 2. The number of benzene rings is 1. The maximum atomic E-state index is 10.9. The molecule has 1 heteroatoms. The summed E-state index contributed by atoms with van der Waals surface area (Å²) in [5, 5.41) is 10.9. The molecule has 0 heterocycles. The summed E-state index contributed by atoms with van der Waals surface area (Å²) in [6, 6.07) is 8.42. The van der Waals surface area contributed by atoms with E-state index in [4.69, 9.17) is 0 Å². The van der Waals surface area contributed by atoms with Crippen molar-refractivity contribution in [3.63, 3.8) is 0 Å². The van der Waals surface area contributed by atoms with Crippen LogP contribution in [0.4, 0.5) is 0 Å². The van der Waals surface area contributed by atoms with E-state index in [0.717, 1.165) is 43.1 Å². The Balaban J connectivity index is 2.14. The van der Waals surface area contributed by atoms with Gasteiger partial charge in [-0.2, -0.15) is 0 Å². The maximum Gasteiger partial charge on any atom is 0.0896 e.